The maximum atomic E-state index is 13.7. The monoisotopic (exact) mass is 662 g/mol. The van der Waals surface area contributed by atoms with Gasteiger partial charge in [0.25, 0.3) is 11.8 Å². The molecule has 1 aromatic carbocycles. The van der Waals surface area contributed by atoms with E-state index in [2.05, 4.69) is 17.2 Å². The summed E-state index contributed by atoms with van der Waals surface area (Å²) in [6, 6.07) is 6.26. The molecule has 4 amide bonds. The SMILES string of the molecule is C=CCOC(=O)N1c2cc(OCCCC(=O)Nc3cc(C(=O)Nc4cc(C)n(C)c4)n(C)c3)c(OC)cc2C(=O)N2CCC[C@H]2[C@@H]1OC. The molecule has 1 fully saturated rings. The summed E-state index contributed by atoms with van der Waals surface area (Å²) < 4.78 is 26.4. The van der Waals surface area contributed by atoms with Gasteiger partial charge in [-0.05, 0) is 44.4 Å². The minimum Gasteiger partial charge on any atom is -0.493 e. The Bertz CT molecular complexity index is 1690. The molecule has 2 aromatic heterocycles. The molecular formula is C34H42N6O8. The molecule has 14 nitrogen and oxygen atoms in total. The number of fused-ring (bicyclic) bond motifs is 2. The Kier molecular flexibility index (Phi) is 10.4. The first kappa shape index (κ1) is 34.1. The number of ether oxygens (including phenoxy) is 4. The molecule has 48 heavy (non-hydrogen) atoms. The van der Waals surface area contributed by atoms with E-state index in [1.807, 2.05) is 30.8 Å². The summed E-state index contributed by atoms with van der Waals surface area (Å²) in [5, 5.41) is 5.70. The lowest BCUT2D eigenvalue weighted by molar-refractivity contribution is -0.116. The molecule has 1 saturated heterocycles. The molecule has 2 atom stereocenters. The standard InChI is InChI=1S/C34H42N6O8/c1-7-13-48-34(44)40-26-18-29(28(45-5)17-24(26)32(43)39-12-8-10-25(39)33(40)46-6)47-14-9-11-30(41)35-23-16-27(38(4)20-23)31(42)36-22-15-21(2)37(3)19-22/h7,15-20,25,33H,1,8-14H2,2-6H3,(H,35,41)(H,36,42)/t25-,33-/m0/s1. The molecule has 2 N–H and O–H groups in total. The van der Waals surface area contributed by atoms with E-state index < -0.39 is 12.3 Å². The van der Waals surface area contributed by atoms with Crippen LogP contribution in [0, 0.1) is 6.92 Å². The van der Waals surface area contributed by atoms with Crippen LogP contribution in [0.4, 0.5) is 21.9 Å². The summed E-state index contributed by atoms with van der Waals surface area (Å²) in [7, 11) is 6.59. The fourth-order valence-electron chi connectivity index (χ4n) is 6.10. The second kappa shape index (κ2) is 14.7. The number of rotatable bonds is 12. The molecule has 14 heteroatoms. The summed E-state index contributed by atoms with van der Waals surface area (Å²) >= 11 is 0. The number of aryl methyl sites for hydroxylation is 3. The van der Waals surface area contributed by atoms with Gasteiger partial charge in [0.15, 0.2) is 17.7 Å². The molecule has 4 heterocycles. The minimum atomic E-state index is -0.785. The van der Waals surface area contributed by atoms with Crippen molar-refractivity contribution in [2.75, 3.05) is 49.5 Å². The lowest BCUT2D eigenvalue weighted by Crippen LogP contribution is -2.52. The number of carbonyl (C=O) groups is 4. The van der Waals surface area contributed by atoms with Crippen LogP contribution < -0.4 is 25.0 Å². The van der Waals surface area contributed by atoms with Crippen LogP contribution in [0.5, 0.6) is 11.5 Å². The zero-order valence-corrected chi connectivity index (χ0v) is 27.9. The Labute approximate surface area is 279 Å². The quantitative estimate of drug-likeness (QED) is 0.214. The number of methoxy groups -OCH3 is 2. The van der Waals surface area contributed by atoms with Crippen LogP contribution in [-0.2, 0) is 28.4 Å². The molecule has 3 aromatic rings. The van der Waals surface area contributed by atoms with E-state index in [0.29, 0.717) is 42.2 Å². The Morgan fingerprint density at radius 1 is 1.02 bits per heavy atom. The second-order valence-corrected chi connectivity index (χ2v) is 11.8. The van der Waals surface area contributed by atoms with Crippen molar-refractivity contribution < 1.29 is 38.1 Å². The first-order valence-corrected chi connectivity index (χ1v) is 15.7. The third-order valence-electron chi connectivity index (χ3n) is 8.52. The van der Waals surface area contributed by atoms with E-state index in [4.69, 9.17) is 18.9 Å². The second-order valence-electron chi connectivity index (χ2n) is 11.8. The van der Waals surface area contributed by atoms with Crippen molar-refractivity contribution in [3.63, 3.8) is 0 Å². The van der Waals surface area contributed by atoms with Gasteiger partial charge in [-0.1, -0.05) is 12.7 Å². The normalized spacial score (nSPS) is 16.9. The number of nitrogens with one attached hydrogen (secondary N) is 2. The van der Waals surface area contributed by atoms with Crippen LogP contribution in [0.15, 0.2) is 49.3 Å². The summed E-state index contributed by atoms with van der Waals surface area (Å²) in [6.45, 7) is 6.21. The van der Waals surface area contributed by atoms with E-state index >= 15 is 0 Å². The average Bonchev–Trinajstić information content (AvgIpc) is 3.76. The number of benzene rings is 1. The third kappa shape index (κ3) is 7.03. The van der Waals surface area contributed by atoms with Crippen molar-refractivity contribution in [2.45, 2.75) is 44.9 Å². The van der Waals surface area contributed by atoms with Crippen molar-refractivity contribution in [2.24, 2.45) is 14.1 Å². The first-order chi connectivity index (χ1) is 23.1. The van der Waals surface area contributed by atoms with E-state index in [9.17, 15) is 19.2 Å². The number of amides is 4. The van der Waals surface area contributed by atoms with Crippen LogP contribution in [0.25, 0.3) is 0 Å². The van der Waals surface area contributed by atoms with Crippen LogP contribution in [0.2, 0.25) is 0 Å². The maximum absolute atomic E-state index is 13.7. The number of carbonyl (C=O) groups excluding carboxylic acids is 4. The Morgan fingerprint density at radius 3 is 2.46 bits per heavy atom. The van der Waals surface area contributed by atoms with Crippen LogP contribution in [-0.4, -0.2) is 84.1 Å². The summed E-state index contributed by atoms with van der Waals surface area (Å²) in [6.07, 6.45) is 5.42. The summed E-state index contributed by atoms with van der Waals surface area (Å²) in [5.41, 5.74) is 3.11. The number of anilines is 3. The lowest BCUT2D eigenvalue weighted by atomic mass is 10.1. The predicted octanol–water partition coefficient (Wildman–Crippen LogP) is 4.45. The predicted molar refractivity (Wildman–Crippen MR) is 179 cm³/mol. The fourth-order valence-corrected chi connectivity index (χ4v) is 6.10. The van der Waals surface area contributed by atoms with Crippen molar-refractivity contribution in [3.8, 4) is 11.5 Å². The van der Waals surface area contributed by atoms with E-state index in [1.54, 1.807) is 40.9 Å². The Balaban J connectivity index is 1.25. The summed E-state index contributed by atoms with van der Waals surface area (Å²) in [4.78, 5) is 55.7. The van der Waals surface area contributed by atoms with Gasteiger partial charge in [-0.15, -0.1) is 0 Å². The van der Waals surface area contributed by atoms with Gasteiger partial charge < -0.3 is 43.6 Å². The van der Waals surface area contributed by atoms with Crippen molar-refractivity contribution in [3.05, 3.63) is 66.3 Å². The zero-order chi connectivity index (χ0) is 34.5. The van der Waals surface area contributed by atoms with Crippen LogP contribution >= 0.6 is 0 Å². The highest BCUT2D eigenvalue weighted by atomic mass is 16.6. The van der Waals surface area contributed by atoms with Gasteiger partial charge in [0.05, 0.1) is 42.4 Å². The van der Waals surface area contributed by atoms with Crippen molar-refractivity contribution in [1.82, 2.24) is 14.0 Å². The molecule has 5 rings (SSSR count). The molecule has 0 radical (unpaired) electrons. The largest absolute Gasteiger partial charge is 0.493 e. The average molecular weight is 663 g/mol. The number of aromatic nitrogens is 2. The Hall–Kier alpha value is -5.24. The highest BCUT2D eigenvalue weighted by molar-refractivity contribution is 6.06. The highest BCUT2D eigenvalue weighted by Gasteiger charge is 2.46. The lowest BCUT2D eigenvalue weighted by Gasteiger charge is -2.34. The number of nitrogens with zero attached hydrogens (tertiary/aromatic N) is 4. The summed E-state index contributed by atoms with van der Waals surface area (Å²) in [5.74, 6) is -0.201. The molecule has 2 aliphatic heterocycles. The van der Waals surface area contributed by atoms with Crippen molar-refractivity contribution in [1.29, 1.82) is 0 Å². The van der Waals surface area contributed by atoms with Crippen molar-refractivity contribution >= 4 is 40.9 Å². The van der Waals surface area contributed by atoms with E-state index in [0.717, 1.165) is 12.1 Å². The van der Waals surface area contributed by atoms with Crippen LogP contribution in [0.3, 0.4) is 0 Å². The molecule has 0 bridgehead atoms. The smallest absolute Gasteiger partial charge is 0.416 e. The third-order valence-corrected chi connectivity index (χ3v) is 8.52. The number of hydrogen-bond donors (Lipinski definition) is 2. The van der Waals surface area contributed by atoms with Gasteiger partial charge in [-0.25, -0.2) is 9.69 Å². The molecular weight excluding hydrogens is 620 g/mol. The maximum Gasteiger partial charge on any atom is 0.416 e. The van der Waals surface area contributed by atoms with E-state index in [-0.39, 0.29) is 60.4 Å². The fraction of sp³-hybridized carbons (Fsp3) is 0.412. The van der Waals surface area contributed by atoms with Gasteiger partial charge in [-0.3, -0.25) is 14.4 Å². The molecule has 0 aliphatic carbocycles. The van der Waals surface area contributed by atoms with Gasteiger partial charge in [-0.2, -0.15) is 0 Å². The van der Waals surface area contributed by atoms with E-state index in [1.165, 1.54) is 25.2 Å². The molecule has 0 unspecified atom stereocenters. The molecule has 0 spiro atoms. The zero-order valence-electron chi connectivity index (χ0n) is 27.9. The minimum absolute atomic E-state index is 0.0180. The Morgan fingerprint density at radius 2 is 1.77 bits per heavy atom. The molecule has 2 aliphatic rings. The van der Waals surface area contributed by atoms with Gasteiger partial charge in [0, 0.05) is 58.3 Å². The first-order valence-electron chi connectivity index (χ1n) is 15.7. The topological polar surface area (TPSA) is 146 Å². The van der Waals surface area contributed by atoms with Gasteiger partial charge in [0.1, 0.15) is 12.3 Å². The van der Waals surface area contributed by atoms with Gasteiger partial charge in [0.2, 0.25) is 5.91 Å². The highest BCUT2D eigenvalue weighted by Crippen LogP contribution is 2.42. The van der Waals surface area contributed by atoms with Gasteiger partial charge >= 0.3 is 6.09 Å². The molecule has 0 saturated carbocycles. The molecule has 256 valence electrons. The van der Waals surface area contributed by atoms with Crippen LogP contribution in [0.1, 0.15) is 52.2 Å². The number of hydrogen-bond acceptors (Lipinski definition) is 8.